The molecule has 0 bridgehead atoms. The summed E-state index contributed by atoms with van der Waals surface area (Å²) in [6, 6.07) is 5.19. The quantitative estimate of drug-likeness (QED) is 0.686. The number of anilines is 2. The number of ether oxygens (including phenoxy) is 1. The highest BCUT2D eigenvalue weighted by Crippen LogP contribution is 2.23. The molecule has 1 atom stereocenters. The Balaban J connectivity index is 2.64. The van der Waals surface area contributed by atoms with Crippen LogP contribution in [0.1, 0.15) is 46.1 Å². The number of urea groups is 1. The maximum atomic E-state index is 12.1. The highest BCUT2D eigenvalue weighted by molar-refractivity contribution is 5.93. The van der Waals surface area contributed by atoms with Gasteiger partial charge in [0.25, 0.3) is 0 Å². The molecule has 0 spiro atoms. The molecule has 3 amide bonds. The molecule has 0 aliphatic carbocycles. The Kier molecular flexibility index (Phi) is 8.09. The third-order valence-electron chi connectivity index (χ3n) is 3.65. The van der Waals surface area contributed by atoms with Gasteiger partial charge < -0.3 is 15.4 Å². The van der Waals surface area contributed by atoms with Gasteiger partial charge in [-0.25, -0.2) is 9.59 Å². The molecular formula is C18H29N3O3. The number of rotatable bonds is 7. The summed E-state index contributed by atoms with van der Waals surface area (Å²) in [7, 11) is 0. The molecule has 134 valence electrons. The average Bonchev–Trinajstić information content (AvgIpc) is 2.49. The molecular weight excluding hydrogens is 306 g/mol. The monoisotopic (exact) mass is 335 g/mol. The molecule has 0 saturated heterocycles. The molecule has 6 heteroatoms. The molecule has 24 heavy (non-hydrogen) atoms. The minimum atomic E-state index is -0.510. The first kappa shape index (κ1) is 19.8. The molecule has 6 nitrogen and oxygen atoms in total. The van der Waals surface area contributed by atoms with E-state index in [1.165, 1.54) is 0 Å². The summed E-state index contributed by atoms with van der Waals surface area (Å²) in [5, 5.41) is 8.43. The largest absolute Gasteiger partial charge is 0.450 e. The van der Waals surface area contributed by atoms with Crippen LogP contribution in [0.2, 0.25) is 0 Å². The number of nitrogens with one attached hydrogen (secondary N) is 3. The number of carbonyl (C=O) groups is 2. The Morgan fingerprint density at radius 3 is 2.29 bits per heavy atom. The van der Waals surface area contributed by atoms with Crippen molar-refractivity contribution < 1.29 is 14.3 Å². The summed E-state index contributed by atoms with van der Waals surface area (Å²) in [6.07, 6.45) is 1.50. The third kappa shape index (κ3) is 6.89. The molecule has 1 rings (SSSR count). The van der Waals surface area contributed by atoms with E-state index in [1.54, 1.807) is 25.1 Å². The van der Waals surface area contributed by atoms with E-state index in [4.69, 9.17) is 4.74 Å². The van der Waals surface area contributed by atoms with Crippen molar-refractivity contribution >= 4 is 23.5 Å². The summed E-state index contributed by atoms with van der Waals surface area (Å²) < 4.78 is 4.87. The number of hydrogen-bond donors (Lipinski definition) is 3. The van der Waals surface area contributed by atoms with Gasteiger partial charge in [-0.1, -0.05) is 19.9 Å². The maximum absolute atomic E-state index is 12.1. The van der Waals surface area contributed by atoms with Gasteiger partial charge in [-0.3, -0.25) is 5.32 Å². The third-order valence-corrected chi connectivity index (χ3v) is 3.65. The Bertz CT molecular complexity index is 558. The van der Waals surface area contributed by atoms with Crippen LogP contribution >= 0.6 is 0 Å². The Morgan fingerprint density at radius 1 is 1.08 bits per heavy atom. The lowest BCUT2D eigenvalue weighted by atomic mass is 10.0. The molecule has 1 aromatic rings. The highest BCUT2D eigenvalue weighted by atomic mass is 16.5. The minimum Gasteiger partial charge on any atom is -0.450 e. The lowest BCUT2D eigenvalue weighted by Gasteiger charge is -2.17. The van der Waals surface area contributed by atoms with Gasteiger partial charge >= 0.3 is 12.1 Å². The van der Waals surface area contributed by atoms with Crippen LogP contribution in [-0.4, -0.2) is 24.8 Å². The van der Waals surface area contributed by atoms with Gasteiger partial charge in [0.1, 0.15) is 0 Å². The summed E-state index contributed by atoms with van der Waals surface area (Å²) >= 11 is 0. The van der Waals surface area contributed by atoms with Crippen LogP contribution in [0, 0.1) is 12.8 Å². The van der Waals surface area contributed by atoms with Crippen molar-refractivity contribution in [1.82, 2.24) is 5.32 Å². The van der Waals surface area contributed by atoms with Gasteiger partial charge in [-0.15, -0.1) is 0 Å². The smallest absolute Gasteiger partial charge is 0.411 e. The van der Waals surface area contributed by atoms with Crippen LogP contribution in [0.25, 0.3) is 0 Å². The predicted octanol–water partition coefficient (Wildman–Crippen LogP) is 4.51. The Morgan fingerprint density at radius 2 is 1.71 bits per heavy atom. The van der Waals surface area contributed by atoms with Crippen molar-refractivity contribution in [2.45, 2.75) is 53.5 Å². The Labute approximate surface area is 144 Å². The molecule has 1 aromatic carbocycles. The molecule has 1 unspecified atom stereocenters. The van der Waals surface area contributed by atoms with Crippen LogP contribution in [0.5, 0.6) is 0 Å². The second kappa shape index (κ2) is 9.80. The first-order chi connectivity index (χ1) is 11.3. The molecule has 3 N–H and O–H groups in total. The molecule has 0 aliphatic heterocycles. The van der Waals surface area contributed by atoms with Crippen molar-refractivity contribution in [3.05, 3.63) is 23.8 Å². The number of amides is 3. The zero-order valence-electron chi connectivity index (χ0n) is 15.2. The van der Waals surface area contributed by atoms with Gasteiger partial charge in [-0.2, -0.15) is 0 Å². The fourth-order valence-electron chi connectivity index (χ4n) is 2.22. The van der Waals surface area contributed by atoms with E-state index in [0.717, 1.165) is 18.4 Å². The van der Waals surface area contributed by atoms with Crippen LogP contribution in [0.15, 0.2) is 18.2 Å². The standard InChI is InChI=1S/C18H29N3O3/c1-6-24-18(23)21-16-9-7-8-15(14(16)5)20-17(22)19-13(4)11-10-12(2)3/h7-9,12-13H,6,10-11H2,1-5H3,(H,21,23)(H2,19,20,22). The van der Waals surface area contributed by atoms with Crippen molar-refractivity contribution in [3.8, 4) is 0 Å². The van der Waals surface area contributed by atoms with E-state index in [-0.39, 0.29) is 12.1 Å². The maximum Gasteiger partial charge on any atom is 0.411 e. The number of hydrogen-bond acceptors (Lipinski definition) is 3. The van der Waals surface area contributed by atoms with E-state index in [9.17, 15) is 9.59 Å². The normalized spacial score (nSPS) is 11.8. The lowest BCUT2D eigenvalue weighted by molar-refractivity contribution is 0.168. The second-order valence-electron chi connectivity index (χ2n) is 6.29. The van der Waals surface area contributed by atoms with Crippen LogP contribution in [0.4, 0.5) is 21.0 Å². The zero-order chi connectivity index (χ0) is 18.1. The van der Waals surface area contributed by atoms with Crippen molar-refractivity contribution in [2.75, 3.05) is 17.2 Å². The zero-order valence-corrected chi connectivity index (χ0v) is 15.2. The average molecular weight is 335 g/mol. The molecule has 0 aromatic heterocycles. The fourth-order valence-corrected chi connectivity index (χ4v) is 2.22. The molecule has 0 fully saturated rings. The van der Waals surface area contributed by atoms with Crippen LogP contribution in [0.3, 0.4) is 0 Å². The first-order valence-corrected chi connectivity index (χ1v) is 8.44. The summed E-state index contributed by atoms with van der Waals surface area (Å²) in [5.74, 6) is 0.616. The second-order valence-corrected chi connectivity index (χ2v) is 6.29. The van der Waals surface area contributed by atoms with Crippen LogP contribution in [-0.2, 0) is 4.74 Å². The minimum absolute atomic E-state index is 0.105. The molecule has 0 aliphatic rings. The summed E-state index contributed by atoms with van der Waals surface area (Å²) in [5.41, 5.74) is 2.03. The van der Waals surface area contributed by atoms with Crippen molar-refractivity contribution in [1.29, 1.82) is 0 Å². The SMILES string of the molecule is CCOC(=O)Nc1cccc(NC(=O)NC(C)CCC(C)C)c1C. The van der Waals surface area contributed by atoms with E-state index in [2.05, 4.69) is 29.8 Å². The van der Waals surface area contributed by atoms with Gasteiger partial charge in [0, 0.05) is 17.4 Å². The van der Waals surface area contributed by atoms with Gasteiger partial charge in [-0.05, 0) is 57.2 Å². The first-order valence-electron chi connectivity index (χ1n) is 8.44. The van der Waals surface area contributed by atoms with Gasteiger partial charge in [0.2, 0.25) is 0 Å². The Hall–Kier alpha value is -2.24. The van der Waals surface area contributed by atoms with E-state index in [0.29, 0.717) is 23.9 Å². The number of benzene rings is 1. The molecule has 0 radical (unpaired) electrons. The van der Waals surface area contributed by atoms with E-state index >= 15 is 0 Å². The molecule has 0 saturated carbocycles. The van der Waals surface area contributed by atoms with E-state index in [1.807, 2.05) is 13.8 Å². The van der Waals surface area contributed by atoms with E-state index < -0.39 is 6.09 Å². The molecule has 0 heterocycles. The van der Waals surface area contributed by atoms with Crippen molar-refractivity contribution in [2.24, 2.45) is 5.92 Å². The summed E-state index contributed by atoms with van der Waals surface area (Å²) in [6.45, 7) is 10.2. The van der Waals surface area contributed by atoms with Gasteiger partial charge in [0.15, 0.2) is 0 Å². The predicted molar refractivity (Wildman–Crippen MR) is 97.5 cm³/mol. The fraction of sp³-hybridized carbons (Fsp3) is 0.556. The topological polar surface area (TPSA) is 79.5 Å². The lowest BCUT2D eigenvalue weighted by Crippen LogP contribution is -2.36. The van der Waals surface area contributed by atoms with Crippen molar-refractivity contribution in [3.63, 3.8) is 0 Å². The van der Waals surface area contributed by atoms with Crippen LogP contribution < -0.4 is 16.0 Å². The highest BCUT2D eigenvalue weighted by Gasteiger charge is 2.12. The van der Waals surface area contributed by atoms with Gasteiger partial charge in [0.05, 0.1) is 6.61 Å². The number of carbonyl (C=O) groups excluding carboxylic acids is 2. The summed E-state index contributed by atoms with van der Waals surface area (Å²) in [4.78, 5) is 23.7.